The van der Waals surface area contributed by atoms with Gasteiger partial charge >= 0.3 is 0 Å². The standard InChI is InChI=1S/C18H20N4O/c1-2-14-11-18(22-17(21-14)7-9-20-22)19-12-16-15-6-4-3-5-13(15)8-10-23-16/h3-7,9,11,16,19H,2,8,10,12H2,1H3. The summed E-state index contributed by atoms with van der Waals surface area (Å²) in [5, 5.41) is 7.85. The Morgan fingerprint density at radius 1 is 1.30 bits per heavy atom. The van der Waals surface area contributed by atoms with Crippen LogP contribution in [-0.4, -0.2) is 27.7 Å². The van der Waals surface area contributed by atoms with Crippen molar-refractivity contribution in [2.75, 3.05) is 18.5 Å². The van der Waals surface area contributed by atoms with E-state index in [0.29, 0.717) is 0 Å². The molecule has 1 atom stereocenters. The van der Waals surface area contributed by atoms with E-state index in [0.717, 1.165) is 43.2 Å². The molecule has 1 aliphatic rings. The van der Waals surface area contributed by atoms with Gasteiger partial charge in [0.05, 0.1) is 18.9 Å². The average molecular weight is 308 g/mol. The van der Waals surface area contributed by atoms with E-state index in [1.54, 1.807) is 6.20 Å². The zero-order chi connectivity index (χ0) is 15.6. The second kappa shape index (κ2) is 6.01. The molecule has 1 N–H and O–H groups in total. The maximum Gasteiger partial charge on any atom is 0.157 e. The maximum atomic E-state index is 5.97. The van der Waals surface area contributed by atoms with Crippen molar-refractivity contribution < 1.29 is 4.74 Å². The number of fused-ring (bicyclic) bond motifs is 2. The van der Waals surface area contributed by atoms with Crippen LogP contribution in [0, 0.1) is 0 Å². The summed E-state index contributed by atoms with van der Waals surface area (Å²) in [5.74, 6) is 0.962. The highest BCUT2D eigenvalue weighted by molar-refractivity contribution is 5.49. The Labute approximate surface area is 135 Å². The molecular weight excluding hydrogens is 288 g/mol. The summed E-state index contributed by atoms with van der Waals surface area (Å²) in [6, 6.07) is 12.5. The van der Waals surface area contributed by atoms with Gasteiger partial charge in [-0.2, -0.15) is 9.61 Å². The minimum atomic E-state index is 0.0730. The molecule has 0 radical (unpaired) electrons. The second-order valence-electron chi connectivity index (χ2n) is 5.78. The van der Waals surface area contributed by atoms with Crippen LogP contribution in [0.15, 0.2) is 42.6 Å². The van der Waals surface area contributed by atoms with Gasteiger partial charge in [0.15, 0.2) is 5.65 Å². The normalized spacial score (nSPS) is 17.2. The van der Waals surface area contributed by atoms with Gasteiger partial charge in [0, 0.05) is 24.4 Å². The van der Waals surface area contributed by atoms with Crippen LogP contribution in [0.4, 0.5) is 5.82 Å². The van der Waals surface area contributed by atoms with E-state index in [9.17, 15) is 0 Å². The summed E-state index contributed by atoms with van der Waals surface area (Å²) in [4.78, 5) is 4.57. The Morgan fingerprint density at radius 2 is 2.22 bits per heavy atom. The van der Waals surface area contributed by atoms with Crippen LogP contribution in [0.3, 0.4) is 0 Å². The lowest BCUT2D eigenvalue weighted by Gasteiger charge is -2.26. The van der Waals surface area contributed by atoms with Gasteiger partial charge in [-0.1, -0.05) is 31.2 Å². The summed E-state index contributed by atoms with van der Waals surface area (Å²) >= 11 is 0. The highest BCUT2D eigenvalue weighted by Crippen LogP contribution is 2.27. The first-order valence-corrected chi connectivity index (χ1v) is 8.12. The first kappa shape index (κ1) is 14.2. The summed E-state index contributed by atoms with van der Waals surface area (Å²) < 4.78 is 7.81. The molecule has 2 aromatic heterocycles. The third kappa shape index (κ3) is 2.68. The molecule has 5 heteroatoms. The van der Waals surface area contributed by atoms with E-state index in [1.165, 1.54) is 11.1 Å². The van der Waals surface area contributed by atoms with Crippen molar-refractivity contribution in [2.24, 2.45) is 0 Å². The van der Waals surface area contributed by atoms with Crippen LogP contribution in [-0.2, 0) is 17.6 Å². The van der Waals surface area contributed by atoms with Crippen LogP contribution >= 0.6 is 0 Å². The molecule has 0 spiro atoms. The minimum Gasteiger partial charge on any atom is -0.371 e. The first-order valence-electron chi connectivity index (χ1n) is 8.12. The summed E-state index contributed by atoms with van der Waals surface area (Å²) in [5.41, 5.74) is 4.61. The number of benzene rings is 1. The third-order valence-corrected chi connectivity index (χ3v) is 4.34. The predicted octanol–water partition coefficient (Wildman–Crippen LogP) is 3.02. The van der Waals surface area contributed by atoms with E-state index in [-0.39, 0.29) is 6.10 Å². The van der Waals surface area contributed by atoms with Gasteiger partial charge in [-0.05, 0) is 24.0 Å². The average Bonchev–Trinajstić information content (AvgIpc) is 3.08. The highest BCUT2D eigenvalue weighted by Gasteiger charge is 2.20. The molecule has 3 heterocycles. The van der Waals surface area contributed by atoms with Gasteiger partial charge in [-0.3, -0.25) is 0 Å². The number of nitrogens with zero attached hydrogens (tertiary/aromatic N) is 3. The summed E-state index contributed by atoms with van der Waals surface area (Å²) in [6.45, 7) is 3.61. The smallest absolute Gasteiger partial charge is 0.157 e. The largest absolute Gasteiger partial charge is 0.371 e. The van der Waals surface area contributed by atoms with Gasteiger partial charge in [-0.15, -0.1) is 0 Å². The molecule has 3 aromatic rings. The number of anilines is 1. The molecule has 0 saturated heterocycles. The number of hydrogen-bond acceptors (Lipinski definition) is 4. The van der Waals surface area contributed by atoms with Crippen LogP contribution in [0.1, 0.15) is 29.8 Å². The van der Waals surface area contributed by atoms with Gasteiger partial charge in [0.2, 0.25) is 0 Å². The summed E-state index contributed by atoms with van der Waals surface area (Å²) in [7, 11) is 0. The van der Waals surface area contributed by atoms with Gasteiger partial charge in [0.1, 0.15) is 5.82 Å². The van der Waals surface area contributed by atoms with E-state index < -0.39 is 0 Å². The van der Waals surface area contributed by atoms with Crippen molar-refractivity contribution >= 4 is 11.5 Å². The lowest BCUT2D eigenvalue weighted by molar-refractivity contribution is 0.0513. The van der Waals surface area contributed by atoms with Crippen molar-refractivity contribution in [1.82, 2.24) is 14.6 Å². The molecule has 118 valence electrons. The van der Waals surface area contributed by atoms with Crippen molar-refractivity contribution in [2.45, 2.75) is 25.9 Å². The number of nitrogens with one attached hydrogen (secondary N) is 1. The molecule has 4 rings (SSSR count). The Balaban J connectivity index is 1.59. The van der Waals surface area contributed by atoms with Crippen molar-refractivity contribution in [1.29, 1.82) is 0 Å². The Kier molecular flexibility index (Phi) is 3.71. The van der Waals surface area contributed by atoms with Crippen molar-refractivity contribution in [3.8, 4) is 0 Å². The number of aromatic nitrogens is 3. The Morgan fingerprint density at radius 3 is 3.13 bits per heavy atom. The van der Waals surface area contributed by atoms with E-state index in [1.807, 2.05) is 10.6 Å². The molecule has 5 nitrogen and oxygen atoms in total. The van der Waals surface area contributed by atoms with E-state index in [4.69, 9.17) is 4.74 Å². The number of hydrogen-bond donors (Lipinski definition) is 1. The van der Waals surface area contributed by atoms with Crippen molar-refractivity contribution in [3.05, 3.63) is 59.4 Å². The zero-order valence-electron chi connectivity index (χ0n) is 13.2. The SMILES string of the molecule is CCc1cc(NCC2OCCc3ccccc32)n2nccc2n1. The Hall–Kier alpha value is -2.40. The molecule has 1 aromatic carbocycles. The molecule has 0 bridgehead atoms. The minimum absolute atomic E-state index is 0.0730. The fourth-order valence-corrected chi connectivity index (χ4v) is 3.12. The zero-order valence-corrected chi connectivity index (χ0v) is 13.2. The molecule has 23 heavy (non-hydrogen) atoms. The molecule has 0 fully saturated rings. The molecule has 0 aliphatic carbocycles. The van der Waals surface area contributed by atoms with Crippen LogP contribution < -0.4 is 5.32 Å². The number of aryl methyl sites for hydroxylation is 1. The van der Waals surface area contributed by atoms with Crippen molar-refractivity contribution in [3.63, 3.8) is 0 Å². The molecular formula is C18H20N4O. The fraction of sp³-hybridized carbons (Fsp3) is 0.333. The van der Waals surface area contributed by atoms with E-state index in [2.05, 4.69) is 52.7 Å². The van der Waals surface area contributed by atoms with Gasteiger partial charge in [0.25, 0.3) is 0 Å². The van der Waals surface area contributed by atoms with Gasteiger partial charge in [-0.25, -0.2) is 4.98 Å². The number of ether oxygens (including phenoxy) is 1. The molecule has 1 aliphatic heterocycles. The first-order chi connectivity index (χ1) is 11.3. The summed E-state index contributed by atoms with van der Waals surface area (Å²) in [6.07, 6.45) is 3.74. The quantitative estimate of drug-likeness (QED) is 0.805. The second-order valence-corrected chi connectivity index (χ2v) is 5.78. The third-order valence-electron chi connectivity index (χ3n) is 4.34. The maximum absolute atomic E-state index is 5.97. The lowest BCUT2D eigenvalue weighted by atomic mass is 9.97. The topological polar surface area (TPSA) is 51.5 Å². The van der Waals surface area contributed by atoms with Gasteiger partial charge < -0.3 is 10.1 Å². The molecule has 0 saturated carbocycles. The Bertz CT molecular complexity index is 827. The van der Waals surface area contributed by atoms with Crippen LogP contribution in [0.5, 0.6) is 0 Å². The number of rotatable bonds is 4. The molecule has 0 amide bonds. The monoisotopic (exact) mass is 308 g/mol. The van der Waals surface area contributed by atoms with E-state index >= 15 is 0 Å². The fourth-order valence-electron chi connectivity index (χ4n) is 3.12. The highest BCUT2D eigenvalue weighted by atomic mass is 16.5. The van der Waals surface area contributed by atoms with Crippen LogP contribution in [0.2, 0.25) is 0 Å². The predicted molar refractivity (Wildman–Crippen MR) is 89.7 cm³/mol. The van der Waals surface area contributed by atoms with Crippen LogP contribution in [0.25, 0.3) is 5.65 Å². The lowest BCUT2D eigenvalue weighted by Crippen LogP contribution is -2.23. The molecule has 1 unspecified atom stereocenters.